The maximum Gasteiger partial charge on any atom is 0.329 e. The van der Waals surface area contributed by atoms with Gasteiger partial charge in [0.15, 0.2) is 6.23 Å². The Balaban J connectivity index is 2.35. The Morgan fingerprint density at radius 2 is 2.09 bits per heavy atom. The third-order valence-corrected chi connectivity index (χ3v) is 4.10. The Kier molecular flexibility index (Phi) is 4.75. The van der Waals surface area contributed by atoms with Crippen molar-refractivity contribution < 1.29 is 14.4 Å². The summed E-state index contributed by atoms with van der Waals surface area (Å²) < 4.78 is 5.30. The number of carbonyl (C=O) groups is 1. The molecule has 0 bridgehead atoms. The molecule has 1 N–H and O–H groups in total. The van der Waals surface area contributed by atoms with Crippen LogP contribution in [0.2, 0.25) is 0 Å². The molecule has 1 aromatic heterocycles. The summed E-state index contributed by atoms with van der Waals surface area (Å²) in [6.07, 6.45) is 4.48. The predicted octanol–water partition coefficient (Wildman–Crippen LogP) is 2.83. The van der Waals surface area contributed by atoms with E-state index in [2.05, 4.69) is 24.9 Å². The van der Waals surface area contributed by atoms with Crippen LogP contribution in [0.4, 0.5) is 10.7 Å². The smallest absolute Gasteiger partial charge is 0.329 e. The molecule has 1 fully saturated rings. The van der Waals surface area contributed by atoms with Crippen molar-refractivity contribution in [3.05, 3.63) is 49.7 Å². The number of urea groups is 1. The first-order valence-corrected chi connectivity index (χ1v) is 7.47. The van der Waals surface area contributed by atoms with Gasteiger partial charge in [0.25, 0.3) is 0 Å². The van der Waals surface area contributed by atoms with Crippen molar-refractivity contribution in [1.82, 2.24) is 10.1 Å². The molecule has 2 unspecified atom stereocenters. The molecule has 0 aromatic carbocycles. The highest BCUT2D eigenvalue weighted by Gasteiger charge is 2.46. The monoisotopic (exact) mass is 317 g/mol. The molecule has 0 aliphatic carbocycles. The summed E-state index contributed by atoms with van der Waals surface area (Å²) in [6, 6.07) is 0.910. The molecular formula is C17H23N3O3. The van der Waals surface area contributed by atoms with Crippen molar-refractivity contribution in [3.8, 4) is 0 Å². The minimum atomic E-state index is -1.03. The van der Waals surface area contributed by atoms with Crippen LogP contribution in [0, 0.1) is 0 Å². The van der Waals surface area contributed by atoms with Crippen molar-refractivity contribution >= 4 is 11.9 Å². The van der Waals surface area contributed by atoms with Crippen molar-refractivity contribution in [2.24, 2.45) is 0 Å². The normalized spacial score (nSPS) is 21.6. The number of rotatable bonds is 7. The fourth-order valence-corrected chi connectivity index (χ4v) is 2.51. The molecule has 2 atom stereocenters. The molecule has 6 nitrogen and oxygen atoms in total. The van der Waals surface area contributed by atoms with Crippen molar-refractivity contribution in [3.63, 3.8) is 0 Å². The van der Waals surface area contributed by atoms with Crippen molar-refractivity contribution in [2.45, 2.75) is 38.0 Å². The van der Waals surface area contributed by atoms with E-state index in [1.165, 1.54) is 4.90 Å². The summed E-state index contributed by atoms with van der Waals surface area (Å²) in [5, 5.41) is 14.5. The van der Waals surface area contributed by atoms with E-state index in [-0.39, 0.29) is 11.9 Å². The van der Waals surface area contributed by atoms with E-state index in [9.17, 15) is 9.90 Å². The fraction of sp³-hybridized carbons (Fsp3) is 0.412. The third-order valence-electron chi connectivity index (χ3n) is 4.10. The summed E-state index contributed by atoms with van der Waals surface area (Å²) in [4.78, 5) is 15.4. The van der Waals surface area contributed by atoms with Gasteiger partial charge in [-0.15, -0.1) is 19.7 Å². The van der Waals surface area contributed by atoms with E-state index in [0.717, 1.165) is 0 Å². The number of nitrogens with zero attached hydrogens (tertiary/aromatic N) is 3. The molecule has 1 aliphatic heterocycles. The number of aromatic nitrogens is 1. The van der Waals surface area contributed by atoms with Crippen LogP contribution in [0.1, 0.15) is 26.0 Å². The van der Waals surface area contributed by atoms with E-state index in [0.29, 0.717) is 18.7 Å². The number of aliphatic hydroxyl groups excluding tert-OH is 1. The van der Waals surface area contributed by atoms with Crippen LogP contribution in [0.25, 0.3) is 0 Å². The van der Waals surface area contributed by atoms with Crippen LogP contribution in [-0.2, 0) is 5.41 Å². The van der Waals surface area contributed by atoms with Gasteiger partial charge >= 0.3 is 6.03 Å². The van der Waals surface area contributed by atoms with E-state index in [4.69, 9.17) is 4.52 Å². The predicted molar refractivity (Wildman–Crippen MR) is 89.1 cm³/mol. The van der Waals surface area contributed by atoms with Gasteiger partial charge in [0.05, 0.1) is 11.7 Å². The molecule has 0 radical (unpaired) electrons. The molecule has 2 heterocycles. The quantitative estimate of drug-likeness (QED) is 0.785. The Morgan fingerprint density at radius 3 is 2.65 bits per heavy atom. The van der Waals surface area contributed by atoms with E-state index in [1.807, 2.05) is 13.8 Å². The molecule has 0 saturated carbocycles. The van der Waals surface area contributed by atoms with Crippen LogP contribution in [-0.4, -0.2) is 40.0 Å². The first-order valence-electron chi connectivity index (χ1n) is 7.47. The van der Waals surface area contributed by atoms with Gasteiger partial charge < -0.3 is 14.5 Å². The van der Waals surface area contributed by atoms with Crippen LogP contribution >= 0.6 is 0 Å². The maximum absolute atomic E-state index is 12.6. The molecular weight excluding hydrogens is 294 g/mol. The van der Waals surface area contributed by atoms with Gasteiger partial charge in [0, 0.05) is 18.0 Å². The Hall–Kier alpha value is -2.34. The summed E-state index contributed by atoms with van der Waals surface area (Å²) in [6.45, 7) is 15.3. The minimum Gasteiger partial charge on any atom is -0.371 e. The molecule has 2 amide bonds. The highest BCUT2D eigenvalue weighted by molar-refractivity contribution is 5.94. The lowest BCUT2D eigenvalue weighted by molar-refractivity contribution is 0.122. The largest absolute Gasteiger partial charge is 0.371 e. The van der Waals surface area contributed by atoms with Gasteiger partial charge in [-0.05, 0) is 6.42 Å². The maximum atomic E-state index is 12.6. The SMILES string of the molecule is C=CCC1C(O)N(c2cc(C(C)(C)C=C)no2)C(=O)N1CC=C. The number of anilines is 1. The number of hydrogen-bond acceptors (Lipinski definition) is 4. The second-order valence-electron chi connectivity index (χ2n) is 6.08. The highest BCUT2D eigenvalue weighted by Crippen LogP contribution is 2.33. The molecule has 1 aromatic rings. The lowest BCUT2D eigenvalue weighted by atomic mass is 9.90. The Labute approximate surface area is 136 Å². The molecule has 1 saturated heterocycles. The topological polar surface area (TPSA) is 69.8 Å². The number of carbonyl (C=O) groups excluding carboxylic acids is 1. The summed E-state index contributed by atoms with van der Waals surface area (Å²) >= 11 is 0. The molecule has 23 heavy (non-hydrogen) atoms. The zero-order chi connectivity index (χ0) is 17.2. The van der Waals surface area contributed by atoms with Crippen LogP contribution in [0.15, 0.2) is 48.6 Å². The molecule has 124 valence electrons. The average Bonchev–Trinajstić information content (AvgIpc) is 3.08. The van der Waals surface area contributed by atoms with Crippen LogP contribution in [0.3, 0.4) is 0 Å². The van der Waals surface area contributed by atoms with Gasteiger partial charge in [-0.1, -0.05) is 37.2 Å². The second kappa shape index (κ2) is 6.42. The molecule has 2 rings (SSSR count). The second-order valence-corrected chi connectivity index (χ2v) is 6.08. The first kappa shape index (κ1) is 17.0. The number of aliphatic hydroxyl groups is 1. The van der Waals surface area contributed by atoms with Gasteiger partial charge in [0.2, 0.25) is 5.88 Å². The lowest BCUT2D eigenvalue weighted by Crippen LogP contribution is -2.36. The Morgan fingerprint density at radius 1 is 1.39 bits per heavy atom. The molecule has 6 heteroatoms. The zero-order valence-electron chi connectivity index (χ0n) is 13.6. The standard InChI is InChI=1S/C17H23N3O3/c1-6-9-12-15(21)20(16(22)19(12)10-7-2)14-11-13(18-23-14)17(4,5)8-3/h6-8,11-12,15,21H,1-3,9-10H2,4-5H3. The van der Waals surface area contributed by atoms with Crippen molar-refractivity contribution in [1.29, 1.82) is 0 Å². The zero-order valence-corrected chi connectivity index (χ0v) is 13.6. The van der Waals surface area contributed by atoms with Crippen LogP contribution < -0.4 is 4.90 Å². The summed E-state index contributed by atoms with van der Waals surface area (Å²) in [7, 11) is 0. The van der Waals surface area contributed by atoms with Gasteiger partial charge in [-0.25, -0.2) is 9.69 Å². The molecule has 1 aliphatic rings. The number of allylic oxidation sites excluding steroid dienone is 1. The van der Waals surface area contributed by atoms with E-state index in [1.54, 1.807) is 29.2 Å². The third kappa shape index (κ3) is 2.94. The van der Waals surface area contributed by atoms with E-state index < -0.39 is 17.7 Å². The van der Waals surface area contributed by atoms with Crippen LogP contribution in [0.5, 0.6) is 0 Å². The highest BCUT2D eigenvalue weighted by atomic mass is 16.5. The summed E-state index contributed by atoms with van der Waals surface area (Å²) in [5.41, 5.74) is 0.251. The number of hydrogen-bond donors (Lipinski definition) is 1. The first-order chi connectivity index (χ1) is 10.9. The number of amides is 2. The van der Waals surface area contributed by atoms with Crippen molar-refractivity contribution in [2.75, 3.05) is 11.4 Å². The Bertz CT molecular complexity index is 620. The summed E-state index contributed by atoms with van der Waals surface area (Å²) in [5.74, 6) is 0.216. The fourth-order valence-electron chi connectivity index (χ4n) is 2.51. The average molecular weight is 317 g/mol. The lowest BCUT2D eigenvalue weighted by Gasteiger charge is -2.21. The molecule has 0 spiro atoms. The van der Waals surface area contributed by atoms with Gasteiger partial charge in [-0.2, -0.15) is 0 Å². The van der Waals surface area contributed by atoms with E-state index >= 15 is 0 Å². The minimum absolute atomic E-state index is 0.216. The van der Waals surface area contributed by atoms with Gasteiger partial charge in [-0.3, -0.25) is 0 Å². The van der Waals surface area contributed by atoms with Gasteiger partial charge in [0.1, 0.15) is 0 Å².